The van der Waals surface area contributed by atoms with Gasteiger partial charge in [-0.2, -0.15) is 0 Å². The van der Waals surface area contributed by atoms with Crippen LogP contribution in [0, 0.1) is 5.82 Å². The molecule has 1 atom stereocenters. The molecule has 26 heavy (non-hydrogen) atoms. The molecule has 4 nitrogen and oxygen atoms in total. The van der Waals surface area contributed by atoms with E-state index in [-0.39, 0.29) is 24.6 Å². The average molecular weight is 355 g/mol. The van der Waals surface area contributed by atoms with Crippen molar-refractivity contribution in [1.82, 2.24) is 0 Å². The van der Waals surface area contributed by atoms with E-state index in [9.17, 15) is 14.0 Å². The minimum Gasteiger partial charge on any atom is -0.453 e. The number of anilines is 1. The summed E-state index contributed by atoms with van der Waals surface area (Å²) in [6.45, 7) is 1.53. The van der Waals surface area contributed by atoms with Crippen molar-refractivity contribution in [3.63, 3.8) is 0 Å². The van der Waals surface area contributed by atoms with Crippen molar-refractivity contribution in [1.29, 1.82) is 0 Å². The summed E-state index contributed by atoms with van der Waals surface area (Å²) >= 11 is 0. The van der Waals surface area contributed by atoms with E-state index in [1.54, 1.807) is 18.2 Å². The molecule has 2 aromatic carbocycles. The number of halogens is 1. The van der Waals surface area contributed by atoms with Crippen LogP contribution in [-0.4, -0.2) is 18.0 Å². The number of nitrogens with one attached hydrogen (secondary N) is 1. The fraction of sp³-hybridized carbons (Fsp3) is 0.333. The van der Waals surface area contributed by atoms with Crippen molar-refractivity contribution < 1.29 is 18.7 Å². The quantitative estimate of drug-likeness (QED) is 0.802. The number of carbonyl (C=O) groups excluding carboxylic acids is 2. The first kappa shape index (κ1) is 18.1. The van der Waals surface area contributed by atoms with Gasteiger partial charge >= 0.3 is 5.97 Å². The lowest BCUT2D eigenvalue weighted by molar-refractivity contribution is -0.153. The van der Waals surface area contributed by atoms with Gasteiger partial charge in [0.25, 0.3) is 5.91 Å². The number of carbonyl (C=O) groups is 2. The molecule has 0 saturated heterocycles. The van der Waals surface area contributed by atoms with E-state index in [1.807, 2.05) is 18.2 Å². The maximum Gasteiger partial charge on any atom is 0.306 e. The number of aryl methyl sites for hydroxylation is 3. The van der Waals surface area contributed by atoms with Gasteiger partial charge in [-0.15, -0.1) is 0 Å². The molecule has 0 aliphatic heterocycles. The molecule has 136 valence electrons. The molecule has 0 bridgehead atoms. The SMILES string of the molecule is C[C@H](OC(=O)CCc1ccccc1F)C(=O)Nc1ccc2c(c1)CCC2. The molecule has 0 fully saturated rings. The van der Waals surface area contributed by atoms with E-state index in [4.69, 9.17) is 4.74 Å². The highest BCUT2D eigenvalue weighted by Gasteiger charge is 2.19. The Morgan fingerprint density at radius 1 is 1.15 bits per heavy atom. The van der Waals surface area contributed by atoms with E-state index in [1.165, 1.54) is 24.1 Å². The first-order valence-corrected chi connectivity index (χ1v) is 8.88. The summed E-state index contributed by atoms with van der Waals surface area (Å²) in [4.78, 5) is 24.2. The van der Waals surface area contributed by atoms with Crippen LogP contribution in [0.3, 0.4) is 0 Å². The fourth-order valence-corrected chi connectivity index (χ4v) is 3.14. The van der Waals surface area contributed by atoms with E-state index in [0.29, 0.717) is 11.3 Å². The molecular weight excluding hydrogens is 333 g/mol. The van der Waals surface area contributed by atoms with Crippen LogP contribution in [0.4, 0.5) is 10.1 Å². The van der Waals surface area contributed by atoms with Gasteiger partial charge in [0.15, 0.2) is 6.10 Å². The number of benzene rings is 2. The lowest BCUT2D eigenvalue weighted by Gasteiger charge is -2.14. The number of hydrogen-bond donors (Lipinski definition) is 1. The Bertz CT molecular complexity index is 819. The standard InChI is InChI=1S/C21H22FNO3/c1-14(26-20(24)12-10-16-5-2-3-8-19(16)22)21(25)23-18-11-9-15-6-4-7-17(15)13-18/h2-3,5,8-9,11,13-14H,4,6-7,10,12H2,1H3,(H,23,25)/t14-/m0/s1. The van der Waals surface area contributed by atoms with Gasteiger partial charge in [-0.3, -0.25) is 9.59 Å². The Morgan fingerprint density at radius 2 is 1.92 bits per heavy atom. The van der Waals surface area contributed by atoms with Crippen LogP contribution in [0.2, 0.25) is 0 Å². The molecule has 1 N–H and O–H groups in total. The smallest absolute Gasteiger partial charge is 0.306 e. The van der Waals surface area contributed by atoms with E-state index < -0.39 is 12.1 Å². The topological polar surface area (TPSA) is 55.4 Å². The summed E-state index contributed by atoms with van der Waals surface area (Å²) in [7, 11) is 0. The number of esters is 1. The molecule has 0 spiro atoms. The first-order valence-electron chi connectivity index (χ1n) is 8.88. The maximum atomic E-state index is 13.6. The lowest BCUT2D eigenvalue weighted by Crippen LogP contribution is -2.30. The van der Waals surface area contributed by atoms with E-state index >= 15 is 0 Å². The third-order valence-electron chi connectivity index (χ3n) is 4.60. The Morgan fingerprint density at radius 3 is 2.73 bits per heavy atom. The van der Waals surface area contributed by atoms with Crippen LogP contribution in [0.15, 0.2) is 42.5 Å². The summed E-state index contributed by atoms with van der Waals surface area (Å²) in [6.07, 6.45) is 2.61. The number of rotatable bonds is 6. The zero-order valence-corrected chi connectivity index (χ0v) is 14.8. The highest BCUT2D eigenvalue weighted by molar-refractivity contribution is 5.95. The third kappa shape index (κ3) is 4.48. The van der Waals surface area contributed by atoms with Crippen molar-refractivity contribution in [3.05, 3.63) is 65.0 Å². The molecule has 1 aliphatic rings. The maximum absolute atomic E-state index is 13.6. The van der Waals surface area contributed by atoms with Crippen LogP contribution >= 0.6 is 0 Å². The van der Waals surface area contributed by atoms with Gasteiger partial charge in [-0.1, -0.05) is 24.3 Å². The molecule has 1 amide bonds. The van der Waals surface area contributed by atoms with Crippen molar-refractivity contribution >= 4 is 17.6 Å². The van der Waals surface area contributed by atoms with Gasteiger partial charge in [0.2, 0.25) is 0 Å². The lowest BCUT2D eigenvalue weighted by atomic mass is 10.1. The molecule has 3 rings (SSSR count). The number of ether oxygens (including phenoxy) is 1. The summed E-state index contributed by atoms with van der Waals surface area (Å²) in [6, 6.07) is 12.2. The largest absolute Gasteiger partial charge is 0.453 e. The molecule has 0 aromatic heterocycles. The molecule has 2 aromatic rings. The van der Waals surface area contributed by atoms with Crippen LogP contribution in [0.1, 0.15) is 36.5 Å². The Labute approximate surface area is 152 Å². The zero-order valence-electron chi connectivity index (χ0n) is 14.8. The number of fused-ring (bicyclic) bond motifs is 1. The molecule has 1 aliphatic carbocycles. The molecule has 5 heteroatoms. The Hall–Kier alpha value is -2.69. The van der Waals surface area contributed by atoms with Crippen molar-refractivity contribution in [2.75, 3.05) is 5.32 Å². The second kappa shape index (κ2) is 8.13. The summed E-state index contributed by atoms with van der Waals surface area (Å²) in [5.41, 5.74) is 3.76. The fourth-order valence-electron chi connectivity index (χ4n) is 3.14. The molecule has 0 heterocycles. The van der Waals surface area contributed by atoms with Crippen LogP contribution in [0.25, 0.3) is 0 Å². The highest BCUT2D eigenvalue weighted by Crippen LogP contribution is 2.25. The molecular formula is C21H22FNO3. The monoisotopic (exact) mass is 355 g/mol. The first-order chi connectivity index (χ1) is 12.5. The van der Waals surface area contributed by atoms with Crippen molar-refractivity contribution in [3.8, 4) is 0 Å². The summed E-state index contributed by atoms with van der Waals surface area (Å²) in [5, 5.41) is 2.78. The van der Waals surface area contributed by atoms with Gasteiger partial charge < -0.3 is 10.1 Å². The van der Waals surface area contributed by atoms with Crippen molar-refractivity contribution in [2.24, 2.45) is 0 Å². The predicted octanol–water partition coefficient (Wildman–Crippen LogP) is 3.82. The molecule has 0 unspecified atom stereocenters. The number of amides is 1. The predicted molar refractivity (Wildman–Crippen MR) is 97.4 cm³/mol. The molecule has 0 radical (unpaired) electrons. The van der Waals surface area contributed by atoms with Gasteiger partial charge in [0, 0.05) is 12.1 Å². The normalized spacial score (nSPS) is 13.8. The zero-order chi connectivity index (χ0) is 18.5. The van der Waals surface area contributed by atoms with E-state index in [2.05, 4.69) is 5.32 Å². The average Bonchev–Trinajstić information content (AvgIpc) is 3.08. The van der Waals surface area contributed by atoms with Gasteiger partial charge in [0.1, 0.15) is 5.82 Å². The minimum atomic E-state index is -0.906. The van der Waals surface area contributed by atoms with Gasteiger partial charge in [-0.05, 0) is 67.5 Å². The van der Waals surface area contributed by atoms with Crippen LogP contribution < -0.4 is 5.32 Å². The Balaban J connectivity index is 1.49. The minimum absolute atomic E-state index is 0.0252. The number of hydrogen-bond acceptors (Lipinski definition) is 3. The van der Waals surface area contributed by atoms with Crippen LogP contribution in [0.5, 0.6) is 0 Å². The van der Waals surface area contributed by atoms with Crippen LogP contribution in [-0.2, 0) is 33.6 Å². The van der Waals surface area contributed by atoms with Gasteiger partial charge in [0.05, 0.1) is 0 Å². The van der Waals surface area contributed by atoms with Crippen molar-refractivity contribution in [2.45, 2.75) is 45.1 Å². The molecule has 0 saturated carbocycles. The third-order valence-corrected chi connectivity index (χ3v) is 4.60. The Kier molecular flexibility index (Phi) is 5.66. The van der Waals surface area contributed by atoms with E-state index in [0.717, 1.165) is 19.3 Å². The summed E-state index contributed by atoms with van der Waals surface area (Å²) in [5.74, 6) is -1.24. The second-order valence-electron chi connectivity index (χ2n) is 6.55. The summed E-state index contributed by atoms with van der Waals surface area (Å²) < 4.78 is 18.7. The highest BCUT2D eigenvalue weighted by atomic mass is 19.1. The second-order valence-corrected chi connectivity index (χ2v) is 6.55. The van der Waals surface area contributed by atoms with Gasteiger partial charge in [-0.25, -0.2) is 4.39 Å².